The van der Waals surface area contributed by atoms with Gasteiger partial charge in [-0.15, -0.1) is 10.2 Å². The lowest BCUT2D eigenvalue weighted by Crippen LogP contribution is -2.26. The maximum absolute atomic E-state index is 13.9. The highest BCUT2D eigenvalue weighted by Crippen LogP contribution is 2.37. The predicted octanol–water partition coefficient (Wildman–Crippen LogP) is 5.61. The van der Waals surface area contributed by atoms with Crippen LogP contribution in [0.5, 0.6) is 0 Å². The molecule has 1 atom stereocenters. The average Bonchev–Trinajstić information content (AvgIpc) is 3.28. The summed E-state index contributed by atoms with van der Waals surface area (Å²) in [7, 11) is 0. The van der Waals surface area contributed by atoms with E-state index in [4.69, 9.17) is 16.0 Å². The number of amides is 1. The zero-order valence-electron chi connectivity index (χ0n) is 18.0. The molecular formula is C23H16ClF4N5O2. The van der Waals surface area contributed by atoms with Gasteiger partial charge in [0.15, 0.2) is 0 Å². The fourth-order valence-electron chi connectivity index (χ4n) is 3.35. The predicted molar refractivity (Wildman–Crippen MR) is 118 cm³/mol. The van der Waals surface area contributed by atoms with Crippen LogP contribution in [0.4, 0.5) is 23.2 Å². The second kappa shape index (κ2) is 9.79. The Morgan fingerprint density at radius 1 is 1.09 bits per heavy atom. The lowest BCUT2D eigenvalue weighted by atomic mass is 9.89. The van der Waals surface area contributed by atoms with Crippen molar-refractivity contribution >= 4 is 23.2 Å². The molecule has 35 heavy (non-hydrogen) atoms. The van der Waals surface area contributed by atoms with Crippen molar-refractivity contribution < 1.29 is 26.8 Å². The van der Waals surface area contributed by atoms with Gasteiger partial charge in [-0.3, -0.25) is 4.79 Å². The third kappa shape index (κ3) is 5.80. The molecule has 12 heteroatoms. The Balaban J connectivity index is 1.70. The molecule has 4 rings (SSSR count). The summed E-state index contributed by atoms with van der Waals surface area (Å²) in [5.74, 6) is -2.79. The largest absolute Gasteiger partial charge is 0.418 e. The molecular weight excluding hydrogens is 490 g/mol. The van der Waals surface area contributed by atoms with E-state index in [1.165, 1.54) is 43.6 Å². The second-order valence-electron chi connectivity index (χ2n) is 7.57. The molecule has 0 radical (unpaired) electrons. The Morgan fingerprint density at radius 2 is 1.77 bits per heavy atom. The minimum Gasteiger partial charge on any atom is -0.418 e. The topological polar surface area (TPSA) is 93.8 Å². The van der Waals surface area contributed by atoms with Crippen LogP contribution in [0.2, 0.25) is 5.02 Å². The van der Waals surface area contributed by atoms with Gasteiger partial charge in [0.1, 0.15) is 5.82 Å². The molecule has 2 heterocycles. The summed E-state index contributed by atoms with van der Waals surface area (Å²) in [5.41, 5.74) is -0.649. The highest BCUT2D eigenvalue weighted by molar-refractivity contribution is 6.30. The van der Waals surface area contributed by atoms with Gasteiger partial charge >= 0.3 is 6.18 Å². The Morgan fingerprint density at radius 3 is 2.43 bits per heavy atom. The van der Waals surface area contributed by atoms with Crippen molar-refractivity contribution in [3.63, 3.8) is 0 Å². The summed E-state index contributed by atoms with van der Waals surface area (Å²) < 4.78 is 60.4. The van der Waals surface area contributed by atoms with Crippen molar-refractivity contribution in [3.05, 3.63) is 88.3 Å². The third-order valence-electron chi connectivity index (χ3n) is 4.98. The normalized spacial score (nSPS) is 12.4. The monoisotopic (exact) mass is 505 g/mol. The Bertz CT molecular complexity index is 1340. The number of nitrogens with one attached hydrogen (secondary N) is 1. The number of hydrogen-bond donors (Lipinski definition) is 1. The molecule has 0 aliphatic carbocycles. The van der Waals surface area contributed by atoms with Crippen LogP contribution in [-0.4, -0.2) is 26.1 Å². The molecule has 0 spiro atoms. The zero-order valence-corrected chi connectivity index (χ0v) is 18.7. The van der Waals surface area contributed by atoms with Gasteiger partial charge < -0.3 is 9.73 Å². The van der Waals surface area contributed by atoms with Crippen LogP contribution in [0.1, 0.15) is 28.5 Å². The van der Waals surface area contributed by atoms with Crippen LogP contribution >= 0.6 is 11.6 Å². The number of carbonyl (C=O) groups excluding carboxylic acids is 1. The molecule has 2 aromatic heterocycles. The van der Waals surface area contributed by atoms with Crippen LogP contribution < -0.4 is 5.32 Å². The maximum atomic E-state index is 13.9. The fourth-order valence-corrected chi connectivity index (χ4v) is 3.45. The summed E-state index contributed by atoms with van der Waals surface area (Å²) in [4.78, 5) is 21.1. The molecule has 1 unspecified atom stereocenters. The molecule has 2 aromatic carbocycles. The van der Waals surface area contributed by atoms with Crippen LogP contribution in [0.3, 0.4) is 0 Å². The molecule has 1 N–H and O–H groups in total. The van der Waals surface area contributed by atoms with Crippen molar-refractivity contribution in [1.82, 2.24) is 20.2 Å². The van der Waals surface area contributed by atoms with E-state index >= 15 is 0 Å². The quantitative estimate of drug-likeness (QED) is 0.342. The number of aromatic nitrogens is 4. The molecule has 7 nitrogen and oxygen atoms in total. The first-order chi connectivity index (χ1) is 16.6. The van der Waals surface area contributed by atoms with Crippen LogP contribution in [0.15, 0.2) is 59.3 Å². The second-order valence-corrected chi connectivity index (χ2v) is 8.00. The molecule has 1 amide bonds. The summed E-state index contributed by atoms with van der Waals surface area (Å²) >= 11 is 5.76. The number of alkyl halides is 3. The van der Waals surface area contributed by atoms with Gasteiger partial charge in [-0.2, -0.15) is 13.2 Å². The van der Waals surface area contributed by atoms with E-state index in [9.17, 15) is 22.4 Å². The first kappa shape index (κ1) is 24.3. The number of hydrogen-bond acceptors (Lipinski definition) is 6. The fraction of sp³-hybridized carbons (Fsp3) is 0.174. The van der Waals surface area contributed by atoms with Crippen molar-refractivity contribution in [2.24, 2.45) is 0 Å². The maximum Gasteiger partial charge on any atom is 0.416 e. The van der Waals surface area contributed by atoms with Gasteiger partial charge in [-0.05, 0) is 42.8 Å². The Labute approximate surface area is 201 Å². The van der Waals surface area contributed by atoms with E-state index in [1.807, 2.05) is 0 Å². The van der Waals surface area contributed by atoms with E-state index in [-0.39, 0.29) is 40.3 Å². The van der Waals surface area contributed by atoms with E-state index < -0.39 is 29.4 Å². The van der Waals surface area contributed by atoms with E-state index in [2.05, 4.69) is 25.5 Å². The van der Waals surface area contributed by atoms with E-state index in [0.717, 1.165) is 18.2 Å². The first-order valence-electron chi connectivity index (χ1n) is 10.1. The molecule has 0 saturated carbocycles. The number of benzene rings is 2. The van der Waals surface area contributed by atoms with Gasteiger partial charge in [-0.25, -0.2) is 14.4 Å². The van der Waals surface area contributed by atoms with Gasteiger partial charge in [-0.1, -0.05) is 29.3 Å². The van der Waals surface area contributed by atoms with Crippen molar-refractivity contribution in [1.29, 1.82) is 0 Å². The van der Waals surface area contributed by atoms with Gasteiger partial charge in [0.05, 0.1) is 16.5 Å². The van der Waals surface area contributed by atoms with Gasteiger partial charge in [0.25, 0.3) is 5.89 Å². The smallest absolute Gasteiger partial charge is 0.416 e. The molecule has 0 saturated heterocycles. The van der Waals surface area contributed by atoms with E-state index in [0.29, 0.717) is 5.56 Å². The van der Waals surface area contributed by atoms with Crippen LogP contribution in [-0.2, 0) is 17.4 Å². The average molecular weight is 506 g/mol. The van der Waals surface area contributed by atoms with Crippen molar-refractivity contribution in [2.45, 2.75) is 25.4 Å². The van der Waals surface area contributed by atoms with Gasteiger partial charge in [0, 0.05) is 24.5 Å². The number of halogens is 5. The SMILES string of the molecule is Cc1ccc(C(Cc2nnc(-c3ncc(Cl)cn3)o2)C(=O)Nc2ccc(F)cc2)c(C(F)(F)F)c1. The van der Waals surface area contributed by atoms with Crippen LogP contribution in [0, 0.1) is 12.7 Å². The zero-order chi connectivity index (χ0) is 25.2. The highest BCUT2D eigenvalue weighted by atomic mass is 35.5. The van der Waals surface area contributed by atoms with Crippen molar-refractivity contribution in [3.8, 4) is 11.7 Å². The lowest BCUT2D eigenvalue weighted by Gasteiger charge is -2.21. The number of nitrogens with zero attached hydrogens (tertiary/aromatic N) is 4. The molecule has 180 valence electrons. The number of carbonyl (C=O) groups is 1. The highest BCUT2D eigenvalue weighted by Gasteiger charge is 2.38. The summed E-state index contributed by atoms with van der Waals surface area (Å²) in [6, 6.07) is 8.52. The minimum absolute atomic E-state index is 0.0618. The molecule has 0 bridgehead atoms. The van der Waals surface area contributed by atoms with E-state index in [1.54, 1.807) is 0 Å². The number of aryl methyl sites for hydroxylation is 1. The lowest BCUT2D eigenvalue weighted by molar-refractivity contribution is -0.138. The molecule has 4 aromatic rings. The minimum atomic E-state index is -4.72. The summed E-state index contributed by atoms with van der Waals surface area (Å²) in [5, 5.41) is 10.5. The molecule has 0 fully saturated rings. The summed E-state index contributed by atoms with van der Waals surface area (Å²) in [6.45, 7) is 1.52. The number of rotatable bonds is 6. The Hall–Kier alpha value is -3.86. The summed E-state index contributed by atoms with van der Waals surface area (Å²) in [6.07, 6.45) is -2.43. The number of anilines is 1. The Kier molecular flexibility index (Phi) is 6.79. The molecule has 0 aliphatic rings. The van der Waals surface area contributed by atoms with Crippen molar-refractivity contribution in [2.75, 3.05) is 5.32 Å². The van der Waals surface area contributed by atoms with Gasteiger partial charge in [0.2, 0.25) is 17.6 Å². The molecule has 0 aliphatic heterocycles. The third-order valence-corrected chi connectivity index (χ3v) is 5.17. The first-order valence-corrected chi connectivity index (χ1v) is 10.5. The standard InChI is InChI=1S/C23H16ClF4N5O2/c1-12-2-7-16(18(8-12)23(26,27)28)17(21(34)31-15-5-3-14(25)4-6-15)9-19-32-33-22(35-19)20-29-10-13(24)11-30-20/h2-8,10-11,17H,9H2,1H3,(H,31,34). The van der Waals surface area contributed by atoms with Crippen LogP contribution in [0.25, 0.3) is 11.7 Å².